The molecule has 2 aromatic rings. The molecule has 3 rings (SSSR count). The average molecular weight is 440 g/mol. The number of carbonyl (C=O) groups excluding carboxylic acids is 1. The Hall–Kier alpha value is -1.44. The molecule has 25 heavy (non-hydrogen) atoms. The molecule has 0 aromatic carbocycles. The number of thiophene rings is 2. The molecule has 0 amide bonds. The fraction of sp³-hybridized carbons (Fsp3) is 0.375. The smallest absolute Gasteiger partial charge is 0.215 e. The Balaban J connectivity index is 1.71. The van der Waals surface area contributed by atoms with Gasteiger partial charge < -0.3 is 16.4 Å². The van der Waals surface area contributed by atoms with Crippen molar-refractivity contribution in [1.82, 2.24) is 10.2 Å². The van der Waals surface area contributed by atoms with Crippen molar-refractivity contribution in [2.24, 2.45) is 0 Å². The fourth-order valence-corrected chi connectivity index (χ4v) is 5.11. The van der Waals surface area contributed by atoms with E-state index in [4.69, 9.17) is 5.73 Å². The van der Waals surface area contributed by atoms with Gasteiger partial charge in [-0.2, -0.15) is 5.26 Å². The van der Waals surface area contributed by atoms with Gasteiger partial charge in [0, 0.05) is 39.3 Å². The Bertz CT molecular complexity index is 804. The molecule has 1 fully saturated rings. The standard InChI is InChI=1S/C16H18BrN5OS2/c17-12-2-1-11(24-12)14(23)15-13(19)10(9-18)16(25-15)21-5-8-22-6-3-20-4-7-22/h1-2,20-21H,3-8,19H2. The molecule has 9 heteroatoms. The summed E-state index contributed by atoms with van der Waals surface area (Å²) in [5.41, 5.74) is 6.71. The second-order valence-electron chi connectivity index (χ2n) is 5.61. The summed E-state index contributed by atoms with van der Waals surface area (Å²) in [5, 5.41) is 16.7. The Morgan fingerprint density at radius 2 is 2.16 bits per heavy atom. The van der Waals surface area contributed by atoms with Crippen LogP contribution < -0.4 is 16.4 Å². The number of nitriles is 1. The van der Waals surface area contributed by atoms with Crippen molar-refractivity contribution in [2.75, 3.05) is 50.3 Å². The number of carbonyl (C=O) groups is 1. The summed E-state index contributed by atoms with van der Waals surface area (Å²) in [6.07, 6.45) is 0. The fourth-order valence-electron chi connectivity index (χ4n) is 2.66. The van der Waals surface area contributed by atoms with Gasteiger partial charge in [0.25, 0.3) is 0 Å². The van der Waals surface area contributed by atoms with Gasteiger partial charge in [0.2, 0.25) is 5.78 Å². The molecule has 1 aliphatic rings. The maximum Gasteiger partial charge on any atom is 0.215 e. The third-order valence-corrected chi connectivity index (χ3v) is 6.77. The minimum absolute atomic E-state index is 0.134. The number of rotatable bonds is 6. The number of piperazine rings is 1. The van der Waals surface area contributed by atoms with Crippen LogP contribution in [0.1, 0.15) is 20.1 Å². The lowest BCUT2D eigenvalue weighted by Gasteiger charge is -2.27. The van der Waals surface area contributed by atoms with Crippen LogP contribution in [0.4, 0.5) is 10.7 Å². The summed E-state index contributed by atoms with van der Waals surface area (Å²) in [6.45, 7) is 5.67. The van der Waals surface area contributed by atoms with Gasteiger partial charge in [0.1, 0.15) is 21.5 Å². The lowest BCUT2D eigenvalue weighted by Crippen LogP contribution is -2.45. The summed E-state index contributed by atoms with van der Waals surface area (Å²) >= 11 is 5.98. The molecule has 2 aromatic heterocycles. The summed E-state index contributed by atoms with van der Waals surface area (Å²) < 4.78 is 0.890. The zero-order valence-corrected chi connectivity index (χ0v) is 16.7. The van der Waals surface area contributed by atoms with Crippen molar-refractivity contribution >= 4 is 55.1 Å². The highest BCUT2D eigenvalue weighted by atomic mass is 79.9. The van der Waals surface area contributed by atoms with Crippen molar-refractivity contribution < 1.29 is 4.79 Å². The first kappa shape index (κ1) is 18.4. The van der Waals surface area contributed by atoms with Crippen molar-refractivity contribution in [3.8, 4) is 6.07 Å². The predicted molar refractivity (Wildman–Crippen MR) is 107 cm³/mol. The highest BCUT2D eigenvalue weighted by molar-refractivity contribution is 9.11. The molecular formula is C16H18BrN5OS2. The second-order valence-corrected chi connectivity index (χ2v) is 9.10. The molecule has 0 spiro atoms. The molecule has 132 valence electrons. The Labute approximate surface area is 162 Å². The number of nitrogen functional groups attached to an aromatic ring is 1. The number of nitrogens with one attached hydrogen (secondary N) is 2. The molecule has 1 saturated heterocycles. The Kier molecular flexibility index (Phi) is 6.09. The quantitative estimate of drug-likeness (QED) is 0.598. The maximum absolute atomic E-state index is 12.7. The van der Waals surface area contributed by atoms with Crippen molar-refractivity contribution in [2.45, 2.75) is 0 Å². The predicted octanol–water partition coefficient (Wildman–Crippen LogP) is 2.57. The topological polar surface area (TPSA) is 94.2 Å². The average Bonchev–Trinajstić information content (AvgIpc) is 3.19. The molecule has 0 bridgehead atoms. The van der Waals surface area contributed by atoms with Crippen LogP contribution in [0.2, 0.25) is 0 Å². The van der Waals surface area contributed by atoms with E-state index in [2.05, 4.69) is 37.5 Å². The van der Waals surface area contributed by atoms with Crippen LogP contribution in [0, 0.1) is 11.3 Å². The van der Waals surface area contributed by atoms with E-state index in [1.54, 1.807) is 6.07 Å². The van der Waals surface area contributed by atoms with Gasteiger partial charge in [0.15, 0.2) is 0 Å². The lowest BCUT2D eigenvalue weighted by molar-refractivity contribution is 0.104. The van der Waals surface area contributed by atoms with Crippen LogP contribution in [-0.4, -0.2) is 50.0 Å². The molecule has 4 N–H and O–H groups in total. The van der Waals surface area contributed by atoms with E-state index in [-0.39, 0.29) is 11.5 Å². The minimum Gasteiger partial charge on any atom is -0.396 e. The molecular weight excluding hydrogens is 422 g/mol. The summed E-state index contributed by atoms with van der Waals surface area (Å²) in [7, 11) is 0. The van der Waals surface area contributed by atoms with E-state index in [1.807, 2.05) is 6.07 Å². The van der Waals surface area contributed by atoms with E-state index < -0.39 is 0 Å². The van der Waals surface area contributed by atoms with Gasteiger partial charge in [0.05, 0.1) is 14.4 Å². The van der Waals surface area contributed by atoms with E-state index in [1.165, 1.54) is 22.7 Å². The first-order chi connectivity index (χ1) is 12.1. The normalized spacial score (nSPS) is 15.0. The number of ketones is 1. The van der Waals surface area contributed by atoms with Crippen LogP contribution in [0.15, 0.2) is 15.9 Å². The van der Waals surface area contributed by atoms with Crippen LogP contribution in [0.5, 0.6) is 0 Å². The summed E-state index contributed by atoms with van der Waals surface area (Å²) in [4.78, 5) is 16.0. The molecule has 6 nitrogen and oxygen atoms in total. The highest BCUT2D eigenvalue weighted by Gasteiger charge is 2.23. The molecule has 0 radical (unpaired) electrons. The highest BCUT2D eigenvalue weighted by Crippen LogP contribution is 2.37. The first-order valence-electron chi connectivity index (χ1n) is 7.89. The van der Waals surface area contributed by atoms with Gasteiger partial charge in [-0.25, -0.2) is 0 Å². The van der Waals surface area contributed by atoms with Gasteiger partial charge in [-0.1, -0.05) is 0 Å². The van der Waals surface area contributed by atoms with Crippen LogP contribution in [0.25, 0.3) is 0 Å². The number of anilines is 2. The van der Waals surface area contributed by atoms with Crippen LogP contribution >= 0.6 is 38.6 Å². The van der Waals surface area contributed by atoms with E-state index in [0.717, 1.165) is 36.5 Å². The number of nitrogens with zero attached hydrogens (tertiary/aromatic N) is 2. The molecule has 0 saturated carbocycles. The molecule has 3 heterocycles. The third kappa shape index (κ3) is 4.22. The van der Waals surface area contributed by atoms with Gasteiger partial charge in [-0.3, -0.25) is 9.69 Å². The monoisotopic (exact) mass is 439 g/mol. The van der Waals surface area contributed by atoms with Crippen molar-refractivity contribution in [1.29, 1.82) is 5.26 Å². The Morgan fingerprint density at radius 1 is 1.40 bits per heavy atom. The van der Waals surface area contributed by atoms with Crippen LogP contribution in [-0.2, 0) is 0 Å². The van der Waals surface area contributed by atoms with Crippen LogP contribution in [0.3, 0.4) is 0 Å². The molecule has 0 unspecified atom stereocenters. The van der Waals surface area contributed by atoms with E-state index in [0.29, 0.717) is 26.9 Å². The molecule has 1 aliphatic heterocycles. The van der Waals surface area contributed by atoms with E-state index >= 15 is 0 Å². The zero-order valence-electron chi connectivity index (χ0n) is 13.5. The minimum atomic E-state index is -0.134. The number of hydrogen-bond donors (Lipinski definition) is 3. The third-order valence-electron chi connectivity index (χ3n) is 3.98. The van der Waals surface area contributed by atoms with E-state index in [9.17, 15) is 10.1 Å². The maximum atomic E-state index is 12.7. The van der Waals surface area contributed by atoms with Crippen molar-refractivity contribution in [3.05, 3.63) is 31.2 Å². The van der Waals surface area contributed by atoms with Gasteiger partial charge in [-0.15, -0.1) is 22.7 Å². The Morgan fingerprint density at radius 3 is 2.80 bits per heavy atom. The van der Waals surface area contributed by atoms with Crippen molar-refractivity contribution in [3.63, 3.8) is 0 Å². The van der Waals surface area contributed by atoms with Gasteiger partial charge >= 0.3 is 0 Å². The summed E-state index contributed by atoms with van der Waals surface area (Å²) in [6, 6.07) is 5.72. The zero-order chi connectivity index (χ0) is 17.8. The SMILES string of the molecule is N#Cc1c(NCCN2CCNCC2)sc(C(=O)c2ccc(Br)s2)c1N. The first-order valence-corrected chi connectivity index (χ1v) is 10.3. The largest absolute Gasteiger partial charge is 0.396 e. The number of halogens is 1. The second kappa shape index (κ2) is 8.29. The van der Waals surface area contributed by atoms with Gasteiger partial charge in [-0.05, 0) is 28.1 Å². The number of hydrogen-bond acceptors (Lipinski definition) is 8. The molecule has 0 aliphatic carbocycles. The lowest BCUT2D eigenvalue weighted by atomic mass is 10.2. The molecule has 0 atom stereocenters. The summed E-state index contributed by atoms with van der Waals surface area (Å²) in [5.74, 6) is -0.134. The number of nitrogens with two attached hydrogens (primary N) is 1.